The van der Waals surface area contributed by atoms with Gasteiger partial charge in [-0.05, 0) is 36.2 Å². The second-order valence-electron chi connectivity index (χ2n) is 5.43. The van der Waals surface area contributed by atoms with E-state index in [9.17, 15) is 9.18 Å². The first-order chi connectivity index (χ1) is 12.1. The number of aryl methyl sites for hydroxylation is 1. The first-order valence-corrected chi connectivity index (χ1v) is 7.98. The normalized spacial score (nSPS) is 10.7. The average Bonchev–Trinajstić information content (AvgIpc) is 2.64. The topological polar surface area (TPSA) is 78.4 Å². The lowest BCUT2D eigenvalue weighted by Crippen LogP contribution is -2.41. The van der Waals surface area contributed by atoms with Crippen molar-refractivity contribution in [2.24, 2.45) is 4.99 Å². The van der Waals surface area contributed by atoms with Crippen molar-refractivity contribution in [1.29, 1.82) is 0 Å². The minimum absolute atomic E-state index is 0. The van der Waals surface area contributed by atoms with Crippen LogP contribution in [-0.4, -0.2) is 37.0 Å². The molecule has 140 valence electrons. The van der Waals surface area contributed by atoms with Crippen LogP contribution in [0, 0.1) is 12.7 Å². The number of aliphatic imine (C=N–C) groups is 1. The van der Waals surface area contributed by atoms with E-state index in [1.54, 1.807) is 38.4 Å². The number of aromatic nitrogens is 1. The lowest BCUT2D eigenvalue weighted by Gasteiger charge is -2.12. The Morgan fingerprint density at radius 1 is 1.19 bits per heavy atom. The first kappa shape index (κ1) is 21.8. The maximum atomic E-state index is 13.5. The Morgan fingerprint density at radius 2 is 1.96 bits per heavy atom. The summed E-state index contributed by atoms with van der Waals surface area (Å²) >= 11 is 0. The lowest BCUT2D eigenvalue weighted by molar-refractivity contribution is 0.0954. The van der Waals surface area contributed by atoms with E-state index in [4.69, 9.17) is 0 Å². The number of rotatable bonds is 6. The molecule has 1 heterocycles. The predicted octanol–water partition coefficient (Wildman–Crippen LogP) is 2.24. The van der Waals surface area contributed by atoms with Gasteiger partial charge in [0.1, 0.15) is 5.82 Å². The van der Waals surface area contributed by atoms with Gasteiger partial charge in [-0.25, -0.2) is 4.39 Å². The first-order valence-electron chi connectivity index (χ1n) is 7.98. The van der Waals surface area contributed by atoms with Gasteiger partial charge in [-0.1, -0.05) is 12.1 Å². The molecule has 6 nitrogen and oxygen atoms in total. The van der Waals surface area contributed by atoms with Crippen molar-refractivity contribution in [2.45, 2.75) is 13.5 Å². The largest absolute Gasteiger partial charge is 0.355 e. The summed E-state index contributed by atoms with van der Waals surface area (Å²) in [4.78, 5) is 19.9. The maximum Gasteiger partial charge on any atom is 0.252 e. The molecule has 0 saturated heterocycles. The summed E-state index contributed by atoms with van der Waals surface area (Å²) in [6.07, 6.45) is 3.14. The van der Waals surface area contributed by atoms with Crippen LogP contribution in [-0.2, 0) is 6.54 Å². The fraction of sp³-hybridized carbons (Fsp3) is 0.278. The molecule has 0 aliphatic carbocycles. The van der Waals surface area contributed by atoms with Gasteiger partial charge >= 0.3 is 0 Å². The Labute approximate surface area is 169 Å². The number of hydrogen-bond acceptors (Lipinski definition) is 3. The zero-order chi connectivity index (χ0) is 18.1. The molecule has 3 N–H and O–H groups in total. The highest BCUT2D eigenvalue weighted by Crippen LogP contribution is 2.08. The fourth-order valence-corrected chi connectivity index (χ4v) is 2.11. The van der Waals surface area contributed by atoms with Crippen molar-refractivity contribution >= 4 is 35.8 Å². The number of carbonyl (C=O) groups is 1. The third-order valence-corrected chi connectivity index (χ3v) is 3.55. The monoisotopic (exact) mass is 471 g/mol. The zero-order valence-electron chi connectivity index (χ0n) is 14.8. The fourth-order valence-electron chi connectivity index (χ4n) is 2.11. The van der Waals surface area contributed by atoms with Gasteiger partial charge < -0.3 is 16.0 Å². The predicted molar refractivity (Wildman–Crippen MR) is 111 cm³/mol. The molecule has 0 spiro atoms. The molecular formula is C18H23FIN5O. The van der Waals surface area contributed by atoms with Crippen LogP contribution in [0.2, 0.25) is 0 Å². The van der Waals surface area contributed by atoms with Crippen molar-refractivity contribution < 1.29 is 9.18 Å². The second-order valence-corrected chi connectivity index (χ2v) is 5.43. The Kier molecular flexibility index (Phi) is 9.56. The van der Waals surface area contributed by atoms with Gasteiger partial charge in [0, 0.05) is 39.1 Å². The van der Waals surface area contributed by atoms with E-state index in [0.717, 1.165) is 5.56 Å². The van der Waals surface area contributed by atoms with Crippen LogP contribution in [0.5, 0.6) is 0 Å². The number of nitrogens with one attached hydrogen (secondary N) is 3. The molecule has 2 rings (SSSR count). The molecule has 0 unspecified atom stereocenters. The molecule has 0 aliphatic heterocycles. The van der Waals surface area contributed by atoms with E-state index in [0.29, 0.717) is 36.7 Å². The van der Waals surface area contributed by atoms with Crippen LogP contribution in [0.3, 0.4) is 0 Å². The van der Waals surface area contributed by atoms with Gasteiger partial charge in [0.05, 0.1) is 5.56 Å². The molecule has 0 fully saturated rings. The molecule has 0 atom stereocenters. The minimum atomic E-state index is -0.222. The number of carbonyl (C=O) groups excluding carboxylic acids is 1. The Bertz CT molecular complexity index is 740. The van der Waals surface area contributed by atoms with E-state index in [2.05, 4.69) is 25.9 Å². The van der Waals surface area contributed by atoms with E-state index in [1.165, 1.54) is 12.3 Å². The third kappa shape index (κ3) is 6.95. The molecule has 0 saturated carbocycles. The number of nitrogens with zero attached hydrogens (tertiary/aromatic N) is 2. The summed E-state index contributed by atoms with van der Waals surface area (Å²) in [7, 11) is 1.65. The van der Waals surface area contributed by atoms with Crippen molar-refractivity contribution in [1.82, 2.24) is 20.9 Å². The average molecular weight is 471 g/mol. The van der Waals surface area contributed by atoms with Crippen LogP contribution in [0.25, 0.3) is 0 Å². The summed E-state index contributed by atoms with van der Waals surface area (Å²) in [5.74, 6) is 0.185. The van der Waals surface area contributed by atoms with Crippen LogP contribution in [0.1, 0.15) is 21.5 Å². The highest BCUT2D eigenvalue weighted by Gasteiger charge is 2.04. The molecule has 0 bridgehead atoms. The third-order valence-electron chi connectivity index (χ3n) is 3.55. The Balaban J connectivity index is 0.00000338. The van der Waals surface area contributed by atoms with Gasteiger partial charge in [0.2, 0.25) is 0 Å². The van der Waals surface area contributed by atoms with Crippen molar-refractivity contribution in [3.8, 4) is 0 Å². The van der Waals surface area contributed by atoms with Gasteiger partial charge in [0.25, 0.3) is 5.91 Å². The van der Waals surface area contributed by atoms with Gasteiger partial charge in [0.15, 0.2) is 5.96 Å². The van der Waals surface area contributed by atoms with Crippen LogP contribution >= 0.6 is 24.0 Å². The Morgan fingerprint density at radius 3 is 2.62 bits per heavy atom. The Hall–Kier alpha value is -2.23. The smallest absolute Gasteiger partial charge is 0.252 e. The van der Waals surface area contributed by atoms with Crippen molar-refractivity contribution in [3.63, 3.8) is 0 Å². The van der Waals surface area contributed by atoms with Crippen molar-refractivity contribution in [2.75, 3.05) is 20.1 Å². The van der Waals surface area contributed by atoms with Crippen LogP contribution in [0.15, 0.2) is 47.7 Å². The lowest BCUT2D eigenvalue weighted by atomic mass is 10.1. The molecule has 1 aromatic carbocycles. The molecule has 26 heavy (non-hydrogen) atoms. The number of halogens is 2. The quantitative estimate of drug-likeness (QED) is 0.262. The van der Waals surface area contributed by atoms with E-state index in [-0.39, 0.29) is 35.7 Å². The summed E-state index contributed by atoms with van der Waals surface area (Å²) in [5.41, 5.74) is 1.97. The SMILES string of the molecule is CN=C(NCCNC(=O)c1cccnc1)NCc1ccc(C)c(F)c1.I. The molecule has 1 amide bonds. The zero-order valence-corrected chi connectivity index (χ0v) is 17.1. The summed E-state index contributed by atoms with van der Waals surface area (Å²) in [6, 6.07) is 8.54. The molecular weight excluding hydrogens is 448 g/mol. The minimum Gasteiger partial charge on any atom is -0.355 e. The van der Waals surface area contributed by atoms with E-state index >= 15 is 0 Å². The summed E-state index contributed by atoms with van der Waals surface area (Å²) in [5, 5.41) is 8.98. The molecule has 0 aliphatic rings. The molecule has 0 radical (unpaired) electrons. The van der Waals surface area contributed by atoms with Crippen LogP contribution < -0.4 is 16.0 Å². The molecule has 2 aromatic rings. The highest BCUT2D eigenvalue weighted by molar-refractivity contribution is 14.0. The van der Waals surface area contributed by atoms with E-state index in [1.807, 2.05) is 6.07 Å². The maximum absolute atomic E-state index is 13.5. The van der Waals surface area contributed by atoms with Gasteiger partial charge in [-0.15, -0.1) is 24.0 Å². The molecule has 8 heteroatoms. The molecule has 1 aromatic heterocycles. The number of benzene rings is 1. The van der Waals surface area contributed by atoms with Gasteiger partial charge in [-0.2, -0.15) is 0 Å². The number of guanidine groups is 1. The number of hydrogen-bond donors (Lipinski definition) is 3. The van der Waals surface area contributed by atoms with Crippen molar-refractivity contribution in [3.05, 3.63) is 65.2 Å². The number of amides is 1. The van der Waals surface area contributed by atoms with E-state index < -0.39 is 0 Å². The second kappa shape index (κ2) is 11.4. The number of pyridine rings is 1. The van der Waals surface area contributed by atoms with Gasteiger partial charge in [-0.3, -0.25) is 14.8 Å². The summed E-state index contributed by atoms with van der Waals surface area (Å²) in [6.45, 7) is 3.13. The summed E-state index contributed by atoms with van der Waals surface area (Å²) < 4.78 is 13.5. The highest BCUT2D eigenvalue weighted by atomic mass is 127. The standard InChI is InChI=1S/C18H22FN5O.HI/c1-13-5-6-14(10-16(13)19)11-24-18(20-2)23-9-8-22-17(25)15-4-3-7-21-12-15;/h3-7,10,12H,8-9,11H2,1-2H3,(H,22,25)(H2,20,23,24);1H. The van der Waals surface area contributed by atoms with Crippen LogP contribution in [0.4, 0.5) is 4.39 Å².